The van der Waals surface area contributed by atoms with E-state index in [1.165, 1.54) is 35.1 Å². The molecule has 0 saturated carbocycles. The van der Waals surface area contributed by atoms with Crippen LogP contribution in [0.5, 0.6) is 0 Å². The van der Waals surface area contributed by atoms with Gasteiger partial charge in [-0.15, -0.1) is 34.4 Å². The number of amidine groups is 1. The number of anilines is 1. The number of nitrogen functional groups attached to an aromatic ring is 2. The maximum absolute atomic E-state index is 13.2. The fourth-order valence-electron chi connectivity index (χ4n) is 4.98. The van der Waals surface area contributed by atoms with E-state index in [9.17, 15) is 19.5 Å². The number of hydrogen-bond acceptors (Lipinski definition) is 12. The van der Waals surface area contributed by atoms with Crippen LogP contribution in [0.4, 0.5) is 5.13 Å². The number of thiazole rings is 2. The number of hydrogen-bond donors (Lipinski definition) is 5. The summed E-state index contributed by atoms with van der Waals surface area (Å²) in [5.41, 5.74) is 13.1. The number of carboxylic acid groups (broad SMARTS) is 1. The fraction of sp³-hybridized carbons (Fsp3) is 0.231. The van der Waals surface area contributed by atoms with Gasteiger partial charge in [0, 0.05) is 39.7 Å². The number of amides is 2. The molecule has 6 heterocycles. The Morgan fingerprint density at radius 3 is 2.75 bits per heavy atom. The van der Waals surface area contributed by atoms with E-state index in [1.807, 2.05) is 39.9 Å². The molecule has 2 aliphatic heterocycles. The number of nitrogens with zero attached hydrogens (tertiary/aromatic N) is 6. The minimum Gasteiger partial charge on any atom is -0.477 e. The van der Waals surface area contributed by atoms with Crippen LogP contribution < -0.4 is 21.4 Å². The zero-order valence-corrected chi connectivity index (χ0v) is 25.4. The Morgan fingerprint density at radius 2 is 2.07 bits per heavy atom. The quantitative estimate of drug-likeness (QED) is 0.0526. The van der Waals surface area contributed by atoms with Crippen LogP contribution >= 0.6 is 34.4 Å². The smallest absolute Gasteiger partial charge is 0.352 e. The Balaban J connectivity index is 1.21. The lowest BCUT2D eigenvalue weighted by Crippen LogP contribution is -2.71. The van der Waals surface area contributed by atoms with Crippen LogP contribution in [-0.4, -0.2) is 78.2 Å². The molecule has 4 aromatic rings. The van der Waals surface area contributed by atoms with E-state index in [1.54, 1.807) is 10.8 Å². The van der Waals surface area contributed by atoms with Crippen molar-refractivity contribution in [1.82, 2.24) is 24.8 Å². The number of rotatable bonds is 10. The molecule has 0 bridgehead atoms. The molecule has 6 rings (SSSR count). The first-order valence-corrected chi connectivity index (χ1v) is 15.8. The summed E-state index contributed by atoms with van der Waals surface area (Å²) in [5, 5.41) is 28.8. The number of thioether (sulfide) groups is 1. The highest BCUT2D eigenvalue weighted by Crippen LogP contribution is 2.40. The zero-order chi connectivity index (χ0) is 31.1. The molecule has 7 N–H and O–H groups in total. The van der Waals surface area contributed by atoms with Crippen molar-refractivity contribution < 1.29 is 28.9 Å². The number of nitrogens with one attached hydrogen (secondary N) is 2. The van der Waals surface area contributed by atoms with Crippen molar-refractivity contribution in [2.45, 2.75) is 24.5 Å². The van der Waals surface area contributed by atoms with E-state index in [-0.39, 0.29) is 34.6 Å². The number of β-lactam (4-membered cyclic amide) rings is 1. The van der Waals surface area contributed by atoms with Crippen molar-refractivity contribution in [3.63, 3.8) is 0 Å². The van der Waals surface area contributed by atoms with Crippen molar-refractivity contribution in [3.05, 3.63) is 69.1 Å². The van der Waals surface area contributed by atoms with E-state index in [2.05, 4.69) is 20.4 Å². The minimum absolute atomic E-state index is 0.0851. The first-order valence-electron chi connectivity index (χ1n) is 12.9. The Labute approximate surface area is 261 Å². The molecule has 226 valence electrons. The third-order valence-corrected chi connectivity index (χ3v) is 9.83. The van der Waals surface area contributed by atoms with Gasteiger partial charge in [0.2, 0.25) is 0 Å². The third-order valence-electron chi connectivity index (χ3n) is 6.98. The highest BCUT2D eigenvalue weighted by Gasteiger charge is 2.54. The largest absolute Gasteiger partial charge is 0.477 e. The number of nitrogens with two attached hydrogens (primary N) is 2. The number of carbonyl (C=O) groups is 3. The fourth-order valence-corrected chi connectivity index (χ4v) is 7.66. The summed E-state index contributed by atoms with van der Waals surface area (Å²) >= 11 is 3.91. The first kappa shape index (κ1) is 29.3. The molecule has 0 aliphatic carbocycles. The topological polar surface area (TPSA) is 219 Å². The zero-order valence-electron chi connectivity index (χ0n) is 23.0. The lowest BCUT2D eigenvalue weighted by molar-refractivity contribution is -0.687. The van der Waals surface area contributed by atoms with Crippen LogP contribution in [0.1, 0.15) is 16.4 Å². The summed E-state index contributed by atoms with van der Waals surface area (Å²) in [6.07, 6.45) is 5.71. The van der Waals surface area contributed by atoms with Crippen LogP contribution in [0.2, 0.25) is 0 Å². The molecule has 1 saturated heterocycles. The summed E-state index contributed by atoms with van der Waals surface area (Å²) in [4.78, 5) is 53.2. The summed E-state index contributed by atoms with van der Waals surface area (Å²) in [6, 6.07) is 2.95. The summed E-state index contributed by atoms with van der Waals surface area (Å²) < 4.78 is 3.89. The summed E-state index contributed by atoms with van der Waals surface area (Å²) in [6.45, 7) is 0.721. The van der Waals surface area contributed by atoms with Gasteiger partial charge in [0.15, 0.2) is 29.8 Å². The van der Waals surface area contributed by atoms with Gasteiger partial charge < -0.3 is 31.3 Å². The van der Waals surface area contributed by atoms with E-state index < -0.39 is 29.2 Å². The van der Waals surface area contributed by atoms with Crippen LogP contribution in [0.3, 0.4) is 0 Å². The van der Waals surface area contributed by atoms with Crippen molar-refractivity contribution in [3.8, 4) is 0 Å². The molecular formula is C26H25N10O5S3+. The van der Waals surface area contributed by atoms with Crippen LogP contribution in [0.25, 0.3) is 10.9 Å². The molecule has 1 fully saturated rings. The SMILES string of the molecule is CO/N=C(\C(=O)N[C@@H]1C(=O)N2C(C(=O)O)=C(C[n+]3ccc4ccn(Cc5nc(C(=N)N)cs5)c4c3)CS[C@H]12)c1csc(N)n1. The second-order valence-corrected chi connectivity index (χ2v) is 12.7. The van der Waals surface area contributed by atoms with E-state index in [0.29, 0.717) is 23.6 Å². The molecule has 15 nitrogen and oxygen atoms in total. The first-order chi connectivity index (χ1) is 21.1. The molecular weight excluding hydrogens is 629 g/mol. The second-order valence-electron chi connectivity index (χ2n) is 9.75. The lowest BCUT2D eigenvalue weighted by Gasteiger charge is -2.49. The van der Waals surface area contributed by atoms with Gasteiger partial charge >= 0.3 is 5.97 Å². The molecule has 2 aliphatic rings. The number of oxime groups is 1. The number of pyridine rings is 1. The lowest BCUT2D eigenvalue weighted by atomic mass is 10.0. The van der Waals surface area contributed by atoms with Gasteiger partial charge in [0.05, 0.1) is 6.54 Å². The molecule has 4 aromatic heterocycles. The number of aromatic nitrogens is 4. The van der Waals surface area contributed by atoms with E-state index >= 15 is 0 Å². The molecule has 0 radical (unpaired) electrons. The van der Waals surface area contributed by atoms with Crippen molar-refractivity contribution in [2.75, 3.05) is 18.6 Å². The maximum atomic E-state index is 13.2. The Morgan fingerprint density at radius 1 is 1.27 bits per heavy atom. The van der Waals surface area contributed by atoms with Crippen LogP contribution in [0.15, 0.2) is 57.9 Å². The molecule has 44 heavy (non-hydrogen) atoms. The van der Waals surface area contributed by atoms with Gasteiger partial charge in [0.25, 0.3) is 11.8 Å². The Kier molecular flexibility index (Phi) is 7.78. The Bertz CT molecular complexity index is 1890. The summed E-state index contributed by atoms with van der Waals surface area (Å²) in [5.74, 6) is -2.20. The average molecular weight is 654 g/mol. The van der Waals surface area contributed by atoms with Crippen molar-refractivity contribution in [1.29, 1.82) is 5.41 Å². The number of carbonyl (C=O) groups excluding carboxylic acids is 2. The minimum atomic E-state index is -1.22. The van der Waals surface area contributed by atoms with Crippen LogP contribution in [-0.2, 0) is 32.3 Å². The predicted molar refractivity (Wildman–Crippen MR) is 164 cm³/mol. The van der Waals surface area contributed by atoms with Gasteiger partial charge in [-0.2, -0.15) is 4.57 Å². The number of aliphatic carboxylic acids is 1. The average Bonchev–Trinajstić information content (AvgIpc) is 3.75. The monoisotopic (exact) mass is 653 g/mol. The Hall–Kier alpha value is -4.81. The number of carboxylic acids is 1. The van der Waals surface area contributed by atoms with Crippen LogP contribution in [0, 0.1) is 5.41 Å². The third kappa shape index (κ3) is 5.38. The molecule has 18 heteroatoms. The number of fused-ring (bicyclic) bond motifs is 2. The molecule has 2 amide bonds. The van der Waals surface area contributed by atoms with Gasteiger partial charge in [-0.1, -0.05) is 5.16 Å². The van der Waals surface area contributed by atoms with Crippen molar-refractivity contribution in [2.24, 2.45) is 10.9 Å². The maximum Gasteiger partial charge on any atom is 0.352 e. The molecule has 0 aromatic carbocycles. The predicted octanol–water partition coefficient (Wildman–Crippen LogP) is 0.546. The second kappa shape index (κ2) is 11.7. The van der Waals surface area contributed by atoms with Gasteiger partial charge in [-0.05, 0) is 6.07 Å². The molecule has 0 unspecified atom stereocenters. The molecule has 0 spiro atoms. The highest BCUT2D eigenvalue weighted by atomic mass is 32.2. The molecule has 2 atom stereocenters. The van der Waals surface area contributed by atoms with Crippen molar-refractivity contribution >= 4 is 79.8 Å². The normalized spacial score (nSPS) is 18.2. The van der Waals surface area contributed by atoms with E-state index in [4.69, 9.17) is 21.7 Å². The van der Waals surface area contributed by atoms with Gasteiger partial charge in [0.1, 0.15) is 52.0 Å². The van der Waals surface area contributed by atoms with Gasteiger partial charge in [-0.3, -0.25) is 19.9 Å². The van der Waals surface area contributed by atoms with Gasteiger partial charge in [-0.25, -0.2) is 14.8 Å². The highest BCUT2D eigenvalue weighted by molar-refractivity contribution is 8.00. The summed E-state index contributed by atoms with van der Waals surface area (Å²) in [7, 11) is 1.28. The standard InChI is InChI=1S/C26H24N10O5S3/c1-41-33-18(14-10-44-26(29)31-14)22(37)32-19-23(38)36-20(25(39)40)13(9-43-24(19)36)6-34-4-2-12-3-5-35(16(12)7-34)8-17-30-15(11-42-17)21(27)28/h2-5,7,10-11,19,24H,6,8-9H2,1H3,(H6-,27,28,29,31,32,37,39,40)/p+1/b33-18-/t19-,24-/m1/s1. The van der Waals surface area contributed by atoms with E-state index in [0.717, 1.165) is 27.2 Å².